The molecule has 1 unspecified atom stereocenters. The average Bonchev–Trinajstić information content (AvgIpc) is 2.15. The Balaban J connectivity index is 2.73. The molecule has 0 aromatic heterocycles. The van der Waals surface area contributed by atoms with Gasteiger partial charge in [0.1, 0.15) is 12.0 Å². The predicted molar refractivity (Wildman–Crippen MR) is 73.1 cm³/mol. The smallest absolute Gasteiger partial charge is 0.150 e. The van der Waals surface area contributed by atoms with Gasteiger partial charge in [0.05, 0.1) is 0 Å². The van der Waals surface area contributed by atoms with Gasteiger partial charge in [0.25, 0.3) is 0 Å². The van der Waals surface area contributed by atoms with Crippen molar-refractivity contribution < 1.29 is 4.74 Å². The van der Waals surface area contributed by atoms with E-state index in [0.29, 0.717) is 12.1 Å². The Labute approximate surface area is 105 Å². The molecule has 0 radical (unpaired) electrons. The van der Waals surface area contributed by atoms with Crippen LogP contribution >= 0.6 is 0 Å². The van der Waals surface area contributed by atoms with Crippen molar-refractivity contribution in [1.82, 2.24) is 4.90 Å². The van der Waals surface area contributed by atoms with Gasteiger partial charge in [-0.1, -0.05) is 6.07 Å². The van der Waals surface area contributed by atoms with Crippen LogP contribution in [0.15, 0.2) is 24.3 Å². The number of hydrogen-bond acceptors (Lipinski definition) is 3. The number of anilines is 1. The van der Waals surface area contributed by atoms with E-state index in [-0.39, 0.29) is 6.23 Å². The molecule has 1 rings (SSSR count). The highest BCUT2D eigenvalue weighted by molar-refractivity contribution is 5.43. The molecule has 0 saturated carbocycles. The molecule has 0 amide bonds. The number of ether oxygens (including phenoxy) is 1. The van der Waals surface area contributed by atoms with Gasteiger partial charge in [-0.05, 0) is 46.8 Å². The topological polar surface area (TPSA) is 38.5 Å². The lowest BCUT2D eigenvalue weighted by atomic mass is 10.2. The van der Waals surface area contributed by atoms with Gasteiger partial charge in [-0.3, -0.25) is 4.90 Å². The molecule has 0 aliphatic carbocycles. The van der Waals surface area contributed by atoms with Crippen molar-refractivity contribution >= 4 is 5.69 Å². The van der Waals surface area contributed by atoms with Gasteiger partial charge in [0.15, 0.2) is 0 Å². The van der Waals surface area contributed by atoms with E-state index in [4.69, 9.17) is 10.5 Å². The predicted octanol–water partition coefficient (Wildman–Crippen LogP) is 3.11. The second kappa shape index (κ2) is 5.92. The Hall–Kier alpha value is -1.22. The molecule has 0 aliphatic rings. The molecule has 96 valence electrons. The Morgan fingerprint density at radius 3 is 2.12 bits per heavy atom. The number of rotatable bonds is 5. The normalized spacial score (nSPS) is 13.4. The Kier molecular flexibility index (Phi) is 4.82. The zero-order valence-corrected chi connectivity index (χ0v) is 11.5. The lowest BCUT2D eigenvalue weighted by Gasteiger charge is -2.36. The summed E-state index contributed by atoms with van der Waals surface area (Å²) in [5.74, 6) is 0.823. The van der Waals surface area contributed by atoms with Gasteiger partial charge >= 0.3 is 0 Å². The summed E-state index contributed by atoms with van der Waals surface area (Å²) in [6, 6.07) is 8.46. The fourth-order valence-electron chi connectivity index (χ4n) is 2.28. The summed E-state index contributed by atoms with van der Waals surface area (Å²) in [5, 5.41) is 0. The molecule has 3 nitrogen and oxygen atoms in total. The molecule has 2 N–H and O–H groups in total. The van der Waals surface area contributed by atoms with E-state index >= 15 is 0 Å². The van der Waals surface area contributed by atoms with Crippen LogP contribution in [0.2, 0.25) is 0 Å². The van der Waals surface area contributed by atoms with Crippen molar-refractivity contribution in [2.45, 2.75) is 52.9 Å². The van der Waals surface area contributed by atoms with E-state index in [1.807, 2.05) is 24.3 Å². The molecule has 0 fully saturated rings. The third kappa shape index (κ3) is 3.93. The zero-order valence-electron chi connectivity index (χ0n) is 11.5. The summed E-state index contributed by atoms with van der Waals surface area (Å²) in [7, 11) is 0. The molecule has 0 aliphatic heterocycles. The van der Waals surface area contributed by atoms with Gasteiger partial charge in [-0.25, -0.2) is 0 Å². The maximum Gasteiger partial charge on any atom is 0.150 e. The van der Waals surface area contributed by atoms with Crippen LogP contribution in [0.3, 0.4) is 0 Å². The van der Waals surface area contributed by atoms with Crippen LogP contribution < -0.4 is 10.5 Å². The first-order chi connectivity index (χ1) is 7.91. The molecule has 0 spiro atoms. The van der Waals surface area contributed by atoms with E-state index in [1.54, 1.807) is 0 Å². The van der Waals surface area contributed by atoms with Crippen LogP contribution in [0.5, 0.6) is 5.75 Å². The highest BCUT2D eigenvalue weighted by atomic mass is 16.5. The third-order valence-electron chi connectivity index (χ3n) is 2.78. The maximum atomic E-state index is 5.93. The summed E-state index contributed by atoms with van der Waals surface area (Å²) in [6.45, 7) is 10.8. The largest absolute Gasteiger partial charge is 0.475 e. The Bertz CT molecular complexity index is 342. The lowest BCUT2D eigenvalue weighted by Crippen LogP contribution is -2.46. The van der Waals surface area contributed by atoms with Crippen molar-refractivity contribution in [3.05, 3.63) is 24.3 Å². The van der Waals surface area contributed by atoms with Gasteiger partial charge in [0.2, 0.25) is 0 Å². The molecular formula is C14H24N2O. The van der Waals surface area contributed by atoms with E-state index in [1.165, 1.54) is 0 Å². The molecule has 1 aromatic rings. The van der Waals surface area contributed by atoms with E-state index in [2.05, 4.69) is 39.5 Å². The molecule has 0 saturated heterocycles. The Morgan fingerprint density at radius 2 is 1.65 bits per heavy atom. The Morgan fingerprint density at radius 1 is 1.06 bits per heavy atom. The lowest BCUT2D eigenvalue weighted by molar-refractivity contribution is -0.00556. The molecule has 0 heterocycles. The van der Waals surface area contributed by atoms with Gasteiger partial charge in [0, 0.05) is 23.8 Å². The molecule has 1 aromatic carbocycles. The van der Waals surface area contributed by atoms with Gasteiger partial charge < -0.3 is 10.5 Å². The summed E-state index contributed by atoms with van der Waals surface area (Å²) in [5.41, 5.74) is 6.47. The fraction of sp³-hybridized carbons (Fsp3) is 0.571. The third-order valence-corrected chi connectivity index (χ3v) is 2.78. The van der Waals surface area contributed by atoms with Crippen LogP contribution in [0.4, 0.5) is 5.69 Å². The highest BCUT2D eigenvalue weighted by Gasteiger charge is 2.21. The SMILES string of the molecule is CC(C)N(C(C)C)C(C)Oc1cccc(N)c1. The number of nitrogen functional groups attached to an aromatic ring is 1. The van der Waals surface area contributed by atoms with Crippen LogP contribution in [0.1, 0.15) is 34.6 Å². The minimum absolute atomic E-state index is 0.0387. The van der Waals surface area contributed by atoms with Crippen LogP contribution in [0.25, 0.3) is 0 Å². The summed E-state index contributed by atoms with van der Waals surface area (Å²) in [4.78, 5) is 2.32. The first kappa shape index (κ1) is 13.8. The highest BCUT2D eigenvalue weighted by Crippen LogP contribution is 2.19. The first-order valence-electron chi connectivity index (χ1n) is 6.21. The molecular weight excluding hydrogens is 212 g/mol. The van der Waals surface area contributed by atoms with E-state index < -0.39 is 0 Å². The van der Waals surface area contributed by atoms with Gasteiger partial charge in [-0.2, -0.15) is 0 Å². The minimum atomic E-state index is 0.0387. The average molecular weight is 236 g/mol. The van der Waals surface area contributed by atoms with Crippen LogP contribution in [0, 0.1) is 0 Å². The molecule has 17 heavy (non-hydrogen) atoms. The molecule has 0 bridgehead atoms. The van der Waals surface area contributed by atoms with Crippen molar-refractivity contribution in [2.75, 3.05) is 5.73 Å². The van der Waals surface area contributed by atoms with Crippen molar-refractivity contribution in [1.29, 1.82) is 0 Å². The monoisotopic (exact) mass is 236 g/mol. The van der Waals surface area contributed by atoms with Crippen LogP contribution in [-0.4, -0.2) is 23.2 Å². The second-order valence-corrected chi connectivity index (χ2v) is 4.92. The second-order valence-electron chi connectivity index (χ2n) is 4.92. The standard InChI is InChI=1S/C14H24N2O/c1-10(2)16(11(3)4)12(5)17-14-8-6-7-13(15)9-14/h6-12H,15H2,1-5H3. The minimum Gasteiger partial charge on any atom is -0.475 e. The van der Waals surface area contributed by atoms with Crippen molar-refractivity contribution in [2.24, 2.45) is 0 Å². The molecule has 1 atom stereocenters. The quantitative estimate of drug-likeness (QED) is 0.630. The summed E-state index contributed by atoms with van der Waals surface area (Å²) >= 11 is 0. The van der Waals surface area contributed by atoms with E-state index in [0.717, 1.165) is 11.4 Å². The van der Waals surface area contributed by atoms with Crippen LogP contribution in [-0.2, 0) is 0 Å². The number of hydrogen-bond donors (Lipinski definition) is 1. The van der Waals surface area contributed by atoms with E-state index in [9.17, 15) is 0 Å². The van der Waals surface area contributed by atoms with Crippen molar-refractivity contribution in [3.8, 4) is 5.75 Å². The maximum absolute atomic E-state index is 5.93. The number of nitrogens with zero attached hydrogens (tertiary/aromatic N) is 1. The fourth-order valence-corrected chi connectivity index (χ4v) is 2.28. The molecule has 3 heteroatoms. The first-order valence-corrected chi connectivity index (χ1v) is 6.21. The zero-order chi connectivity index (χ0) is 13.0. The van der Waals surface area contributed by atoms with Crippen molar-refractivity contribution in [3.63, 3.8) is 0 Å². The number of benzene rings is 1. The summed E-state index contributed by atoms with van der Waals surface area (Å²) in [6.07, 6.45) is 0.0387. The number of nitrogens with two attached hydrogens (primary N) is 1. The van der Waals surface area contributed by atoms with Gasteiger partial charge in [-0.15, -0.1) is 0 Å². The summed E-state index contributed by atoms with van der Waals surface area (Å²) < 4.78 is 5.93.